The molecule has 0 spiro atoms. The van der Waals surface area contributed by atoms with Crippen LogP contribution in [0.2, 0.25) is 0 Å². The van der Waals surface area contributed by atoms with Crippen molar-refractivity contribution in [3.8, 4) is 0 Å². The van der Waals surface area contributed by atoms with E-state index in [1.54, 1.807) is 4.90 Å². The molecule has 122 valence electrons. The molecule has 1 atom stereocenters. The second kappa shape index (κ2) is 7.01. The molecule has 0 saturated carbocycles. The summed E-state index contributed by atoms with van der Waals surface area (Å²) in [6, 6.07) is 14.2. The van der Waals surface area contributed by atoms with E-state index in [1.165, 1.54) is 5.39 Å². The van der Waals surface area contributed by atoms with E-state index >= 15 is 0 Å². The van der Waals surface area contributed by atoms with Crippen LogP contribution in [-0.4, -0.2) is 49.6 Å². The third-order valence-electron chi connectivity index (χ3n) is 4.81. The van der Waals surface area contributed by atoms with Gasteiger partial charge in [0, 0.05) is 11.1 Å². The summed E-state index contributed by atoms with van der Waals surface area (Å²) in [6.07, 6.45) is 0. The maximum absolute atomic E-state index is 12.7. The topological polar surface area (TPSA) is 36.8 Å². The number of likely N-dealkylation sites (N-methyl/N-ethyl adjacent to an activating group) is 1. The highest BCUT2D eigenvalue weighted by Crippen LogP contribution is 2.23. The fourth-order valence-corrected chi connectivity index (χ4v) is 3.32. The van der Waals surface area contributed by atoms with E-state index in [4.69, 9.17) is 0 Å². The number of nitrogens with one attached hydrogen (secondary N) is 2. The summed E-state index contributed by atoms with van der Waals surface area (Å²) in [5.41, 5.74) is 1.03. The van der Waals surface area contributed by atoms with Crippen molar-refractivity contribution in [2.45, 2.75) is 19.9 Å². The molecular formula is C19H26N3O+. The Balaban J connectivity index is 1.68. The number of hydrogen-bond acceptors (Lipinski definition) is 2. The third-order valence-corrected chi connectivity index (χ3v) is 4.81. The minimum Gasteiger partial charge on any atom is -0.373 e. The van der Waals surface area contributed by atoms with Crippen LogP contribution >= 0.6 is 0 Å². The van der Waals surface area contributed by atoms with E-state index < -0.39 is 0 Å². The van der Waals surface area contributed by atoms with Crippen molar-refractivity contribution in [2.75, 3.05) is 38.0 Å². The quantitative estimate of drug-likeness (QED) is 0.895. The van der Waals surface area contributed by atoms with Crippen molar-refractivity contribution in [1.29, 1.82) is 0 Å². The van der Waals surface area contributed by atoms with Crippen molar-refractivity contribution in [3.05, 3.63) is 42.5 Å². The summed E-state index contributed by atoms with van der Waals surface area (Å²) in [5.74, 6) is 0.202. The lowest BCUT2D eigenvalue weighted by Crippen LogP contribution is -3.14. The van der Waals surface area contributed by atoms with E-state index in [0.717, 1.165) is 43.8 Å². The zero-order valence-electron chi connectivity index (χ0n) is 14.0. The summed E-state index contributed by atoms with van der Waals surface area (Å²) in [5, 5.41) is 5.76. The van der Waals surface area contributed by atoms with Crippen LogP contribution in [0.4, 0.5) is 5.69 Å². The van der Waals surface area contributed by atoms with Crippen LogP contribution in [0.5, 0.6) is 0 Å². The Labute approximate surface area is 138 Å². The van der Waals surface area contributed by atoms with Gasteiger partial charge >= 0.3 is 0 Å². The minimum absolute atomic E-state index is 0.202. The number of piperazine rings is 1. The van der Waals surface area contributed by atoms with Gasteiger partial charge in [-0.15, -0.1) is 0 Å². The number of carbonyl (C=O) groups excluding carboxylic acids is 1. The lowest BCUT2D eigenvalue weighted by atomic mass is 10.1. The summed E-state index contributed by atoms with van der Waals surface area (Å²) >= 11 is 0. The first-order valence-electron chi connectivity index (χ1n) is 8.55. The molecule has 1 aliphatic heterocycles. The van der Waals surface area contributed by atoms with Crippen LogP contribution in [-0.2, 0) is 4.79 Å². The second-order valence-electron chi connectivity index (χ2n) is 6.32. The smallest absolute Gasteiger partial charge is 0.245 e. The van der Waals surface area contributed by atoms with Crippen LogP contribution in [0.25, 0.3) is 10.8 Å². The zero-order chi connectivity index (χ0) is 16.2. The van der Waals surface area contributed by atoms with Gasteiger partial charge < -0.3 is 15.1 Å². The normalized spacial score (nSPS) is 17.2. The monoisotopic (exact) mass is 312 g/mol. The maximum atomic E-state index is 12.7. The molecule has 0 bridgehead atoms. The Morgan fingerprint density at radius 2 is 1.87 bits per heavy atom. The molecule has 0 unspecified atom stereocenters. The van der Waals surface area contributed by atoms with E-state index in [1.807, 2.05) is 36.1 Å². The van der Waals surface area contributed by atoms with Crippen molar-refractivity contribution in [1.82, 2.24) is 4.90 Å². The van der Waals surface area contributed by atoms with E-state index in [-0.39, 0.29) is 11.9 Å². The van der Waals surface area contributed by atoms with E-state index in [9.17, 15) is 4.79 Å². The van der Waals surface area contributed by atoms with Gasteiger partial charge in [0.25, 0.3) is 0 Å². The second-order valence-corrected chi connectivity index (χ2v) is 6.32. The van der Waals surface area contributed by atoms with E-state index in [2.05, 4.69) is 30.4 Å². The first-order chi connectivity index (χ1) is 11.2. The van der Waals surface area contributed by atoms with E-state index in [0.29, 0.717) is 0 Å². The molecule has 4 nitrogen and oxygen atoms in total. The number of nitrogens with zero attached hydrogens (tertiary/aromatic N) is 1. The molecule has 2 aromatic rings. The van der Waals surface area contributed by atoms with Crippen LogP contribution in [0.3, 0.4) is 0 Å². The third kappa shape index (κ3) is 3.48. The van der Waals surface area contributed by atoms with Crippen LogP contribution in [0, 0.1) is 0 Å². The summed E-state index contributed by atoms with van der Waals surface area (Å²) < 4.78 is 0. The molecule has 0 radical (unpaired) electrons. The molecule has 4 heteroatoms. The molecule has 2 N–H and O–H groups in total. The first kappa shape index (κ1) is 15.8. The van der Waals surface area contributed by atoms with Gasteiger partial charge in [-0.1, -0.05) is 36.4 Å². The fraction of sp³-hybridized carbons (Fsp3) is 0.421. The Morgan fingerprint density at radius 3 is 2.61 bits per heavy atom. The highest BCUT2D eigenvalue weighted by atomic mass is 16.2. The molecule has 3 rings (SSSR count). The molecule has 1 amide bonds. The number of fused-ring (bicyclic) bond motifs is 1. The Bertz CT molecular complexity index is 672. The van der Waals surface area contributed by atoms with Gasteiger partial charge in [0.15, 0.2) is 0 Å². The molecule has 1 aliphatic rings. The van der Waals surface area contributed by atoms with Crippen LogP contribution < -0.4 is 10.2 Å². The molecule has 2 aromatic carbocycles. The predicted molar refractivity (Wildman–Crippen MR) is 94.9 cm³/mol. The van der Waals surface area contributed by atoms with Gasteiger partial charge in [0.05, 0.1) is 32.7 Å². The molecule has 0 aliphatic carbocycles. The molecular weight excluding hydrogens is 286 g/mol. The average molecular weight is 312 g/mol. The summed E-state index contributed by atoms with van der Waals surface area (Å²) in [7, 11) is 0. The van der Waals surface area contributed by atoms with Gasteiger partial charge in [-0.25, -0.2) is 0 Å². The predicted octanol–water partition coefficient (Wildman–Crippen LogP) is 1.39. The van der Waals surface area contributed by atoms with Gasteiger partial charge in [0.2, 0.25) is 5.91 Å². The summed E-state index contributed by atoms with van der Waals surface area (Å²) in [4.78, 5) is 16.3. The maximum Gasteiger partial charge on any atom is 0.245 e. The number of hydrogen-bond donors (Lipinski definition) is 2. The summed E-state index contributed by atoms with van der Waals surface area (Å²) in [6.45, 7) is 9.16. The standard InChI is InChI=1S/C19H25N3O/c1-3-21-11-13-22(14-12-21)19(23)15(2)20-18-10-6-8-16-7-4-5-9-17(16)18/h4-10,15,20H,3,11-14H2,1-2H3/p+1/t15-/m1/s1. The molecule has 1 saturated heterocycles. The first-order valence-corrected chi connectivity index (χ1v) is 8.55. The minimum atomic E-state index is -0.205. The zero-order valence-corrected chi connectivity index (χ0v) is 14.0. The lowest BCUT2D eigenvalue weighted by molar-refractivity contribution is -0.902. The highest BCUT2D eigenvalue weighted by molar-refractivity contribution is 5.95. The highest BCUT2D eigenvalue weighted by Gasteiger charge is 2.26. The van der Waals surface area contributed by atoms with Crippen LogP contribution in [0.15, 0.2) is 42.5 Å². The van der Waals surface area contributed by atoms with Crippen LogP contribution in [0.1, 0.15) is 13.8 Å². The molecule has 23 heavy (non-hydrogen) atoms. The SMILES string of the molecule is CC[NH+]1CCN(C(=O)[C@@H](C)Nc2cccc3ccccc23)CC1. The largest absolute Gasteiger partial charge is 0.373 e. The average Bonchev–Trinajstić information content (AvgIpc) is 2.61. The van der Waals surface area contributed by atoms with Gasteiger partial charge in [-0.2, -0.15) is 0 Å². The van der Waals surface area contributed by atoms with Crippen molar-refractivity contribution in [3.63, 3.8) is 0 Å². The number of anilines is 1. The molecule has 1 heterocycles. The number of amides is 1. The fourth-order valence-electron chi connectivity index (χ4n) is 3.32. The number of quaternary nitrogens is 1. The molecule has 1 fully saturated rings. The van der Waals surface area contributed by atoms with Gasteiger partial charge in [0.1, 0.15) is 6.04 Å². The van der Waals surface area contributed by atoms with Gasteiger partial charge in [-0.05, 0) is 25.3 Å². The lowest BCUT2D eigenvalue weighted by Gasteiger charge is -2.33. The Morgan fingerprint density at radius 1 is 1.17 bits per heavy atom. The van der Waals surface area contributed by atoms with Crippen molar-refractivity contribution < 1.29 is 9.69 Å². The van der Waals surface area contributed by atoms with Crippen molar-refractivity contribution >= 4 is 22.4 Å². The number of carbonyl (C=O) groups is 1. The Kier molecular flexibility index (Phi) is 4.82. The molecule has 0 aromatic heterocycles. The van der Waals surface area contributed by atoms with Crippen molar-refractivity contribution in [2.24, 2.45) is 0 Å². The number of benzene rings is 2. The number of rotatable bonds is 4. The van der Waals surface area contributed by atoms with Gasteiger partial charge in [-0.3, -0.25) is 4.79 Å². The Hall–Kier alpha value is -2.07.